The molecule has 0 fully saturated rings. The van der Waals surface area contributed by atoms with Gasteiger partial charge in [-0.1, -0.05) is 0 Å². The van der Waals surface area contributed by atoms with E-state index in [1.54, 1.807) is 12.5 Å². The van der Waals surface area contributed by atoms with Gasteiger partial charge in [-0.25, -0.2) is 0 Å². The lowest BCUT2D eigenvalue weighted by molar-refractivity contribution is 0.207. The first-order valence-electron chi connectivity index (χ1n) is 2.81. The third kappa shape index (κ3) is 0.633. The zero-order chi connectivity index (χ0) is 6.10. The Balaban J connectivity index is 2.53. The van der Waals surface area contributed by atoms with Crippen molar-refractivity contribution in [3.63, 3.8) is 0 Å². The Morgan fingerprint density at radius 3 is 3.33 bits per heavy atom. The maximum Gasteiger partial charge on any atom is 0.148 e. The van der Waals surface area contributed by atoms with E-state index in [-0.39, 0.29) is 0 Å². The molecule has 0 atom stereocenters. The van der Waals surface area contributed by atoms with Crippen LogP contribution in [-0.4, -0.2) is 0 Å². The van der Waals surface area contributed by atoms with Crippen molar-refractivity contribution in [2.75, 3.05) is 0 Å². The van der Waals surface area contributed by atoms with Crippen molar-refractivity contribution in [1.82, 2.24) is 0 Å². The van der Waals surface area contributed by atoms with E-state index in [4.69, 9.17) is 9.15 Å². The van der Waals surface area contributed by atoms with Gasteiger partial charge in [0.05, 0.1) is 12.5 Å². The summed E-state index contributed by atoms with van der Waals surface area (Å²) in [4.78, 5) is 0. The molecule has 0 saturated carbocycles. The summed E-state index contributed by atoms with van der Waals surface area (Å²) in [7, 11) is 0. The summed E-state index contributed by atoms with van der Waals surface area (Å²) in [5, 5.41) is 0. The number of fused-ring (bicyclic) bond motifs is 1. The molecule has 2 rings (SSSR count). The second-order valence-corrected chi connectivity index (χ2v) is 1.91. The predicted molar refractivity (Wildman–Crippen MR) is 32.5 cm³/mol. The lowest BCUT2D eigenvalue weighted by Gasteiger charge is -2.03. The van der Waals surface area contributed by atoms with Crippen molar-refractivity contribution in [2.45, 2.75) is 6.61 Å². The summed E-state index contributed by atoms with van der Waals surface area (Å²) in [6.07, 6.45) is 5.24. The third-order valence-corrected chi connectivity index (χ3v) is 1.34. The first-order chi connectivity index (χ1) is 4.47. The van der Waals surface area contributed by atoms with Crippen molar-refractivity contribution in [3.05, 3.63) is 29.9 Å². The molecule has 0 radical (unpaired) electrons. The van der Waals surface area contributed by atoms with Gasteiger partial charge in [0, 0.05) is 5.56 Å². The molecule has 2 heterocycles. The van der Waals surface area contributed by atoms with E-state index in [0.717, 1.165) is 11.3 Å². The molecule has 46 valence electrons. The summed E-state index contributed by atoms with van der Waals surface area (Å²) >= 11 is 0. The van der Waals surface area contributed by atoms with Gasteiger partial charge in [0.25, 0.3) is 0 Å². The van der Waals surface area contributed by atoms with Gasteiger partial charge in [0.2, 0.25) is 0 Å². The van der Waals surface area contributed by atoms with Gasteiger partial charge in [-0.2, -0.15) is 0 Å². The zero-order valence-electron chi connectivity index (χ0n) is 4.83. The summed E-state index contributed by atoms with van der Waals surface area (Å²) in [6, 6.07) is 1.92. The molecule has 9 heavy (non-hydrogen) atoms. The quantitative estimate of drug-likeness (QED) is 0.523. The topological polar surface area (TPSA) is 22.4 Å². The molecule has 1 aromatic heterocycles. The van der Waals surface area contributed by atoms with E-state index in [0.29, 0.717) is 6.61 Å². The molecule has 2 nitrogen and oxygen atoms in total. The lowest BCUT2D eigenvalue weighted by atomic mass is 10.2. The summed E-state index contributed by atoms with van der Waals surface area (Å²) in [5.41, 5.74) is 1.13. The molecule has 0 spiro atoms. The highest BCUT2D eigenvalue weighted by Gasteiger charge is 2.05. The predicted octanol–water partition coefficient (Wildman–Crippen LogP) is 1.78. The molecule has 2 heteroatoms. The SMILES string of the molecule is C1=Cc2ccoc2CO1. The molecule has 0 aromatic carbocycles. The highest BCUT2D eigenvalue weighted by molar-refractivity contribution is 5.51. The first kappa shape index (κ1) is 4.68. The number of hydrogen-bond donors (Lipinski definition) is 0. The maximum absolute atomic E-state index is 5.08. The smallest absolute Gasteiger partial charge is 0.148 e. The Labute approximate surface area is 52.7 Å². The molecule has 0 amide bonds. The van der Waals surface area contributed by atoms with Crippen molar-refractivity contribution in [3.8, 4) is 0 Å². The summed E-state index contributed by atoms with van der Waals surface area (Å²) < 4.78 is 10.1. The van der Waals surface area contributed by atoms with E-state index in [2.05, 4.69) is 0 Å². The van der Waals surface area contributed by atoms with Crippen LogP contribution in [0.3, 0.4) is 0 Å². The minimum absolute atomic E-state index is 0.568. The van der Waals surface area contributed by atoms with E-state index in [1.807, 2.05) is 12.1 Å². The highest BCUT2D eigenvalue weighted by Crippen LogP contribution is 2.17. The van der Waals surface area contributed by atoms with Crippen LogP contribution >= 0.6 is 0 Å². The fourth-order valence-electron chi connectivity index (χ4n) is 0.862. The molecule has 0 N–H and O–H groups in total. The number of hydrogen-bond acceptors (Lipinski definition) is 2. The van der Waals surface area contributed by atoms with Gasteiger partial charge in [0.15, 0.2) is 0 Å². The number of rotatable bonds is 0. The Bertz CT molecular complexity index is 235. The molecular formula is C7H6O2. The van der Waals surface area contributed by atoms with E-state index in [9.17, 15) is 0 Å². The van der Waals surface area contributed by atoms with E-state index in [1.165, 1.54) is 0 Å². The van der Waals surface area contributed by atoms with Crippen LogP contribution in [0.2, 0.25) is 0 Å². The second-order valence-electron chi connectivity index (χ2n) is 1.91. The number of furan rings is 1. The molecule has 0 bridgehead atoms. The zero-order valence-corrected chi connectivity index (χ0v) is 4.83. The van der Waals surface area contributed by atoms with E-state index < -0.39 is 0 Å². The fourth-order valence-corrected chi connectivity index (χ4v) is 0.862. The maximum atomic E-state index is 5.08. The minimum Gasteiger partial charge on any atom is -0.493 e. The molecule has 0 saturated heterocycles. The largest absolute Gasteiger partial charge is 0.493 e. The standard InChI is InChI=1S/C7H6O2/c1-3-8-5-7-6(1)2-4-9-7/h1-4H,5H2. The van der Waals surface area contributed by atoms with Crippen LogP contribution in [0.4, 0.5) is 0 Å². The minimum atomic E-state index is 0.568. The van der Waals surface area contributed by atoms with Crippen molar-refractivity contribution < 1.29 is 9.15 Å². The molecule has 0 unspecified atom stereocenters. The first-order valence-corrected chi connectivity index (χ1v) is 2.81. The van der Waals surface area contributed by atoms with Crippen LogP contribution in [0, 0.1) is 0 Å². The molecule has 0 aliphatic carbocycles. The van der Waals surface area contributed by atoms with Crippen molar-refractivity contribution in [2.24, 2.45) is 0 Å². The van der Waals surface area contributed by atoms with Gasteiger partial charge in [-0.3, -0.25) is 0 Å². The average Bonchev–Trinajstić information content (AvgIpc) is 2.33. The number of ether oxygens (including phenoxy) is 1. The van der Waals surface area contributed by atoms with Crippen LogP contribution in [-0.2, 0) is 11.3 Å². The summed E-state index contributed by atoms with van der Waals surface area (Å²) in [6.45, 7) is 0.568. The highest BCUT2D eigenvalue weighted by atomic mass is 16.5. The van der Waals surface area contributed by atoms with Gasteiger partial charge >= 0.3 is 0 Å². The Morgan fingerprint density at radius 2 is 2.44 bits per heavy atom. The second kappa shape index (κ2) is 1.65. The normalized spacial score (nSPS) is 14.7. The van der Waals surface area contributed by atoms with E-state index >= 15 is 0 Å². The van der Waals surface area contributed by atoms with Crippen molar-refractivity contribution in [1.29, 1.82) is 0 Å². The molecule has 1 aromatic rings. The Kier molecular flexibility index (Phi) is 0.859. The monoisotopic (exact) mass is 122 g/mol. The molecular weight excluding hydrogens is 116 g/mol. The molecule has 1 aliphatic heterocycles. The Hall–Kier alpha value is -1.18. The summed E-state index contributed by atoms with van der Waals surface area (Å²) in [5.74, 6) is 0.914. The lowest BCUT2D eigenvalue weighted by Crippen LogP contribution is -1.90. The van der Waals surface area contributed by atoms with Gasteiger partial charge in [-0.05, 0) is 12.1 Å². The van der Waals surface area contributed by atoms with Gasteiger partial charge < -0.3 is 9.15 Å². The van der Waals surface area contributed by atoms with Crippen LogP contribution in [0.1, 0.15) is 11.3 Å². The average molecular weight is 122 g/mol. The van der Waals surface area contributed by atoms with Crippen LogP contribution in [0.25, 0.3) is 6.08 Å². The third-order valence-electron chi connectivity index (χ3n) is 1.34. The van der Waals surface area contributed by atoms with Crippen molar-refractivity contribution >= 4 is 6.08 Å². The van der Waals surface area contributed by atoms with Gasteiger partial charge in [0.1, 0.15) is 12.4 Å². The van der Waals surface area contributed by atoms with Crippen LogP contribution in [0.15, 0.2) is 23.0 Å². The van der Waals surface area contributed by atoms with Crippen LogP contribution < -0.4 is 0 Å². The van der Waals surface area contributed by atoms with Gasteiger partial charge in [-0.15, -0.1) is 0 Å². The fraction of sp³-hybridized carbons (Fsp3) is 0.143. The molecule has 1 aliphatic rings. The van der Waals surface area contributed by atoms with Crippen LogP contribution in [0.5, 0.6) is 0 Å². The Morgan fingerprint density at radius 1 is 1.44 bits per heavy atom.